The molecule has 0 saturated heterocycles. The summed E-state index contributed by atoms with van der Waals surface area (Å²) in [6, 6.07) is 9.24. The number of carbonyl (C=O) groups is 1. The Balaban J connectivity index is 2.15. The van der Waals surface area contributed by atoms with Gasteiger partial charge >= 0.3 is 0 Å². The van der Waals surface area contributed by atoms with Crippen molar-refractivity contribution in [3.63, 3.8) is 0 Å². The molecule has 0 aliphatic heterocycles. The number of amides is 1. The molecule has 6 heteroatoms. The molecule has 0 atom stereocenters. The van der Waals surface area contributed by atoms with Crippen molar-refractivity contribution < 1.29 is 13.6 Å². The third-order valence-corrected chi connectivity index (χ3v) is 3.33. The van der Waals surface area contributed by atoms with E-state index in [0.29, 0.717) is 21.1 Å². The number of oxazole rings is 1. The van der Waals surface area contributed by atoms with Crippen LogP contribution in [0.5, 0.6) is 0 Å². The molecule has 0 unspecified atom stereocenters. The molecular weight excluding hydrogens is 327 g/mol. The zero-order chi connectivity index (χ0) is 14.3. The quantitative estimate of drug-likeness (QED) is 0.779. The number of rotatable bonds is 2. The van der Waals surface area contributed by atoms with E-state index in [0.717, 1.165) is 0 Å². The number of hydrogen-bond acceptors (Lipinski definition) is 3. The number of nitrogens with two attached hydrogens (primary N) is 1. The number of primary amides is 1. The van der Waals surface area contributed by atoms with Crippen LogP contribution >= 0.6 is 15.9 Å². The Labute approximate surface area is 121 Å². The molecule has 0 saturated carbocycles. The lowest BCUT2D eigenvalue weighted by atomic mass is 10.2. The summed E-state index contributed by atoms with van der Waals surface area (Å²) < 4.78 is 20.0. The van der Waals surface area contributed by atoms with Crippen molar-refractivity contribution in [2.75, 3.05) is 0 Å². The Bertz CT molecular complexity index is 829. The maximum Gasteiger partial charge on any atom is 0.248 e. The highest BCUT2D eigenvalue weighted by molar-refractivity contribution is 9.10. The molecule has 3 aromatic rings. The van der Waals surface area contributed by atoms with Gasteiger partial charge < -0.3 is 10.2 Å². The fraction of sp³-hybridized carbons (Fsp3) is 0. The fourth-order valence-corrected chi connectivity index (χ4v) is 2.19. The van der Waals surface area contributed by atoms with E-state index < -0.39 is 11.7 Å². The maximum absolute atomic E-state index is 13.9. The molecule has 0 spiro atoms. The van der Waals surface area contributed by atoms with E-state index in [9.17, 15) is 9.18 Å². The number of fused-ring (bicyclic) bond motifs is 1. The second-order valence-corrected chi connectivity index (χ2v) is 5.11. The van der Waals surface area contributed by atoms with E-state index >= 15 is 0 Å². The minimum atomic E-state index is -0.550. The van der Waals surface area contributed by atoms with E-state index in [4.69, 9.17) is 10.2 Å². The molecule has 3 rings (SSSR count). The second kappa shape index (κ2) is 4.72. The Morgan fingerprint density at radius 3 is 2.75 bits per heavy atom. The van der Waals surface area contributed by atoms with Crippen LogP contribution in [0.4, 0.5) is 4.39 Å². The molecule has 2 aromatic carbocycles. The van der Waals surface area contributed by atoms with Crippen molar-refractivity contribution >= 4 is 32.9 Å². The minimum Gasteiger partial charge on any atom is -0.436 e. The molecule has 2 N–H and O–H groups in total. The summed E-state index contributed by atoms with van der Waals surface area (Å²) in [7, 11) is 0. The van der Waals surface area contributed by atoms with Crippen LogP contribution in [-0.4, -0.2) is 10.9 Å². The highest BCUT2D eigenvalue weighted by atomic mass is 79.9. The van der Waals surface area contributed by atoms with Gasteiger partial charge in [-0.1, -0.05) is 15.9 Å². The van der Waals surface area contributed by atoms with Gasteiger partial charge in [0.2, 0.25) is 11.8 Å². The first-order chi connectivity index (χ1) is 9.54. The summed E-state index contributed by atoms with van der Waals surface area (Å²) in [5.74, 6) is -0.834. The standard InChI is InChI=1S/C14H8BrFN2O2/c15-8-2-3-9(10(16)6-8)14-18-11-5-7(13(17)19)1-4-12(11)20-14/h1-6H,(H2,17,19). The van der Waals surface area contributed by atoms with E-state index in [-0.39, 0.29) is 11.5 Å². The number of nitrogens with zero attached hydrogens (tertiary/aromatic N) is 1. The monoisotopic (exact) mass is 334 g/mol. The van der Waals surface area contributed by atoms with Crippen molar-refractivity contribution in [3.05, 3.63) is 52.3 Å². The molecule has 4 nitrogen and oxygen atoms in total. The fourth-order valence-electron chi connectivity index (χ4n) is 1.86. The van der Waals surface area contributed by atoms with E-state index in [1.807, 2.05) is 0 Å². The van der Waals surface area contributed by atoms with Gasteiger partial charge in [0, 0.05) is 10.0 Å². The number of aromatic nitrogens is 1. The molecular formula is C14H8BrFN2O2. The maximum atomic E-state index is 13.9. The molecule has 0 bridgehead atoms. The van der Waals surface area contributed by atoms with Gasteiger partial charge in [0.25, 0.3) is 0 Å². The minimum absolute atomic E-state index is 0.159. The molecule has 0 fully saturated rings. The predicted octanol–water partition coefficient (Wildman–Crippen LogP) is 3.50. The van der Waals surface area contributed by atoms with Gasteiger partial charge in [-0.15, -0.1) is 0 Å². The lowest BCUT2D eigenvalue weighted by molar-refractivity contribution is 0.100. The normalized spacial score (nSPS) is 10.9. The van der Waals surface area contributed by atoms with E-state index in [2.05, 4.69) is 20.9 Å². The molecule has 1 amide bonds. The largest absolute Gasteiger partial charge is 0.436 e. The Morgan fingerprint density at radius 2 is 2.05 bits per heavy atom. The zero-order valence-corrected chi connectivity index (χ0v) is 11.6. The first-order valence-corrected chi connectivity index (χ1v) is 6.50. The Hall–Kier alpha value is -2.21. The SMILES string of the molecule is NC(=O)c1ccc2oc(-c3ccc(Br)cc3F)nc2c1. The van der Waals surface area contributed by atoms with Crippen LogP contribution in [-0.2, 0) is 0 Å². The van der Waals surface area contributed by atoms with E-state index in [1.165, 1.54) is 18.2 Å². The summed E-state index contributed by atoms with van der Waals surface area (Å²) in [5, 5.41) is 0. The second-order valence-electron chi connectivity index (χ2n) is 4.19. The van der Waals surface area contributed by atoms with E-state index in [1.54, 1.807) is 18.2 Å². The van der Waals surface area contributed by atoms with Gasteiger partial charge in [-0.25, -0.2) is 9.37 Å². The van der Waals surface area contributed by atoms with Crippen molar-refractivity contribution in [2.45, 2.75) is 0 Å². The lowest BCUT2D eigenvalue weighted by Crippen LogP contribution is -2.10. The van der Waals surface area contributed by atoms with Gasteiger partial charge in [0.15, 0.2) is 5.58 Å². The first-order valence-electron chi connectivity index (χ1n) is 5.70. The summed E-state index contributed by atoms with van der Waals surface area (Å²) in [6.45, 7) is 0. The molecule has 100 valence electrons. The van der Waals surface area contributed by atoms with Gasteiger partial charge in [0.05, 0.1) is 5.56 Å². The smallest absolute Gasteiger partial charge is 0.248 e. The molecule has 1 heterocycles. The zero-order valence-electron chi connectivity index (χ0n) is 10.1. The Kier molecular flexibility index (Phi) is 3.02. The van der Waals surface area contributed by atoms with Crippen molar-refractivity contribution in [2.24, 2.45) is 5.73 Å². The highest BCUT2D eigenvalue weighted by Crippen LogP contribution is 2.28. The average molecular weight is 335 g/mol. The highest BCUT2D eigenvalue weighted by Gasteiger charge is 2.14. The van der Waals surface area contributed by atoms with Crippen LogP contribution in [0.15, 0.2) is 45.3 Å². The number of hydrogen-bond donors (Lipinski definition) is 1. The lowest BCUT2D eigenvalue weighted by Gasteiger charge is -1.97. The first kappa shape index (κ1) is 12.8. The topological polar surface area (TPSA) is 69.1 Å². The average Bonchev–Trinajstić information content (AvgIpc) is 2.80. The molecule has 1 aromatic heterocycles. The number of halogens is 2. The van der Waals surface area contributed by atoms with Gasteiger partial charge in [-0.05, 0) is 36.4 Å². The van der Waals surface area contributed by atoms with Gasteiger partial charge in [0.1, 0.15) is 11.3 Å². The van der Waals surface area contributed by atoms with Crippen molar-refractivity contribution in [3.8, 4) is 11.5 Å². The third-order valence-electron chi connectivity index (χ3n) is 2.83. The summed E-state index contributed by atoms with van der Waals surface area (Å²) in [6.07, 6.45) is 0. The molecule has 0 aliphatic carbocycles. The van der Waals surface area contributed by atoms with Crippen LogP contribution in [0.1, 0.15) is 10.4 Å². The van der Waals surface area contributed by atoms with Gasteiger partial charge in [-0.2, -0.15) is 0 Å². The van der Waals surface area contributed by atoms with Gasteiger partial charge in [-0.3, -0.25) is 4.79 Å². The van der Waals surface area contributed by atoms with Crippen LogP contribution in [0, 0.1) is 5.82 Å². The molecule has 0 aliphatic rings. The predicted molar refractivity (Wildman–Crippen MR) is 75.6 cm³/mol. The molecule has 20 heavy (non-hydrogen) atoms. The molecule has 0 radical (unpaired) electrons. The van der Waals surface area contributed by atoms with Crippen molar-refractivity contribution in [1.29, 1.82) is 0 Å². The Morgan fingerprint density at radius 1 is 1.25 bits per heavy atom. The van der Waals surface area contributed by atoms with Crippen LogP contribution in [0.3, 0.4) is 0 Å². The number of carbonyl (C=O) groups excluding carboxylic acids is 1. The summed E-state index contributed by atoms with van der Waals surface area (Å²) in [5.41, 5.74) is 6.71. The number of benzene rings is 2. The van der Waals surface area contributed by atoms with Crippen LogP contribution < -0.4 is 5.73 Å². The summed E-state index contributed by atoms with van der Waals surface area (Å²) >= 11 is 3.19. The van der Waals surface area contributed by atoms with Crippen LogP contribution in [0.2, 0.25) is 0 Å². The van der Waals surface area contributed by atoms with Crippen molar-refractivity contribution in [1.82, 2.24) is 4.98 Å². The third kappa shape index (κ3) is 2.18. The summed E-state index contributed by atoms with van der Waals surface area (Å²) in [4.78, 5) is 15.3. The van der Waals surface area contributed by atoms with Crippen LogP contribution in [0.25, 0.3) is 22.6 Å².